The van der Waals surface area contributed by atoms with Crippen LogP contribution in [0.4, 0.5) is 0 Å². The van der Waals surface area contributed by atoms with E-state index in [9.17, 15) is 14.7 Å². The molecule has 4 aromatic rings. The van der Waals surface area contributed by atoms with Crippen LogP contribution in [0.2, 0.25) is 0 Å². The van der Waals surface area contributed by atoms with Crippen molar-refractivity contribution in [1.82, 2.24) is 15.2 Å². The van der Waals surface area contributed by atoms with Crippen molar-refractivity contribution in [3.8, 4) is 28.7 Å². The average Bonchev–Trinajstić information content (AvgIpc) is 3.04. The highest BCUT2D eigenvalue weighted by atomic mass is 32.2. The van der Waals surface area contributed by atoms with Crippen LogP contribution in [0.1, 0.15) is 49.9 Å². The molecule has 0 saturated heterocycles. The summed E-state index contributed by atoms with van der Waals surface area (Å²) in [6.45, 7) is 1.13. The Labute approximate surface area is 253 Å². The first-order valence-corrected chi connectivity index (χ1v) is 15.2. The molecular weight excluding hydrogens is 566 g/mol. The predicted octanol–water partition coefficient (Wildman–Crippen LogP) is 5.61. The van der Waals surface area contributed by atoms with Crippen molar-refractivity contribution >= 4 is 23.6 Å². The van der Waals surface area contributed by atoms with E-state index < -0.39 is 11.9 Å². The molecule has 4 heterocycles. The van der Waals surface area contributed by atoms with Crippen molar-refractivity contribution < 1.29 is 28.9 Å². The van der Waals surface area contributed by atoms with E-state index in [0.29, 0.717) is 66.1 Å². The maximum absolute atomic E-state index is 14.1. The van der Waals surface area contributed by atoms with E-state index in [-0.39, 0.29) is 17.2 Å². The van der Waals surface area contributed by atoms with Gasteiger partial charge in [-0.05, 0) is 90.4 Å². The van der Waals surface area contributed by atoms with Gasteiger partial charge in [0.15, 0.2) is 11.5 Å². The Morgan fingerprint density at radius 3 is 2.79 bits per heavy atom. The molecule has 0 spiro atoms. The molecule has 0 saturated carbocycles. The summed E-state index contributed by atoms with van der Waals surface area (Å²) < 4.78 is 17.9. The second kappa shape index (κ2) is 12.3. The number of thioether (sulfide) groups is 1. The fraction of sp³-hybridized carbons (Fsp3) is 0.242. The van der Waals surface area contributed by atoms with Crippen molar-refractivity contribution in [3.63, 3.8) is 0 Å². The highest BCUT2D eigenvalue weighted by molar-refractivity contribution is 7.98. The zero-order valence-corrected chi connectivity index (χ0v) is 24.6. The topological polar surface area (TPSA) is 110 Å². The van der Waals surface area contributed by atoms with Crippen LogP contribution in [0.5, 0.6) is 28.7 Å². The van der Waals surface area contributed by atoms with Gasteiger partial charge in [0.05, 0.1) is 30.9 Å². The Morgan fingerprint density at radius 1 is 1.12 bits per heavy atom. The molecule has 8 bridgehead atoms. The maximum Gasteiger partial charge on any atom is 0.257 e. The van der Waals surface area contributed by atoms with Crippen molar-refractivity contribution in [2.24, 2.45) is 0 Å². The van der Waals surface area contributed by atoms with Gasteiger partial charge in [-0.15, -0.1) is 11.8 Å². The lowest BCUT2D eigenvalue weighted by atomic mass is 9.87. The van der Waals surface area contributed by atoms with E-state index in [1.54, 1.807) is 25.4 Å². The molecule has 0 aliphatic carbocycles. The predicted molar refractivity (Wildman–Crippen MR) is 163 cm³/mol. The smallest absolute Gasteiger partial charge is 0.257 e. The third-order valence-corrected chi connectivity index (χ3v) is 8.33. The summed E-state index contributed by atoms with van der Waals surface area (Å²) in [4.78, 5) is 33.3. The molecule has 9 nitrogen and oxygen atoms in total. The standard InChI is InChI=1S/C33H31N3O6S/c1-40-28-11-6-21-18-29(28)41-16-4-14-34-31(38)26-19-23(8-10-27(26)37)42-22-7-9-24-20(17-22)12-15-36(30(21)24)33(39)25-5-3-13-35-32(25)43-2/h3,5-11,13,17-19,30,37H,4,12,14-16H2,1-2H3,(H,34,38). The molecular formula is C33H31N3O6S. The molecule has 1 unspecified atom stereocenters. The molecule has 1 atom stereocenters. The van der Waals surface area contributed by atoms with E-state index in [1.807, 2.05) is 53.6 Å². The summed E-state index contributed by atoms with van der Waals surface area (Å²) in [6, 6.07) is 19.4. The van der Waals surface area contributed by atoms with Crippen LogP contribution >= 0.6 is 11.8 Å². The van der Waals surface area contributed by atoms with Crippen molar-refractivity contribution in [2.75, 3.05) is 33.1 Å². The summed E-state index contributed by atoms with van der Waals surface area (Å²) in [5.74, 6) is 1.50. The number of aromatic nitrogens is 1. The number of phenols is 1. The summed E-state index contributed by atoms with van der Waals surface area (Å²) in [5.41, 5.74) is 3.59. The third-order valence-electron chi connectivity index (χ3n) is 7.61. The number of nitrogens with zero attached hydrogens (tertiary/aromatic N) is 2. The van der Waals surface area contributed by atoms with Crippen LogP contribution < -0.4 is 19.5 Å². The molecule has 2 N–H and O–H groups in total. The van der Waals surface area contributed by atoms with Gasteiger partial charge in [-0.25, -0.2) is 4.98 Å². The van der Waals surface area contributed by atoms with Crippen molar-refractivity contribution in [1.29, 1.82) is 0 Å². The lowest BCUT2D eigenvalue weighted by Gasteiger charge is -2.38. The average molecular weight is 598 g/mol. The number of rotatable bonds is 3. The molecule has 3 aliphatic heterocycles. The number of phenolic OH excluding ortho intramolecular Hbond substituents is 1. The molecule has 0 radical (unpaired) electrons. The van der Waals surface area contributed by atoms with Gasteiger partial charge in [-0.3, -0.25) is 9.59 Å². The fourth-order valence-electron chi connectivity index (χ4n) is 5.54. The highest BCUT2D eigenvalue weighted by Crippen LogP contribution is 2.41. The minimum Gasteiger partial charge on any atom is -0.507 e. The van der Waals surface area contributed by atoms with E-state index in [0.717, 1.165) is 16.7 Å². The number of benzene rings is 3. The number of nitrogens with one attached hydrogen (secondary N) is 1. The summed E-state index contributed by atoms with van der Waals surface area (Å²) >= 11 is 1.45. The van der Waals surface area contributed by atoms with E-state index in [4.69, 9.17) is 14.2 Å². The Bertz CT molecular complexity index is 1690. The Hall–Kier alpha value is -4.70. The zero-order valence-electron chi connectivity index (χ0n) is 23.8. The molecule has 1 aromatic heterocycles. The Balaban J connectivity index is 1.47. The molecule has 2 amide bonds. The number of hydrogen-bond acceptors (Lipinski definition) is 8. The maximum atomic E-state index is 14.1. The van der Waals surface area contributed by atoms with Gasteiger partial charge in [0.25, 0.3) is 11.8 Å². The number of ether oxygens (including phenoxy) is 3. The number of carbonyl (C=O) groups is 2. The van der Waals surface area contributed by atoms with Gasteiger partial charge in [-0.1, -0.05) is 12.1 Å². The molecule has 3 aliphatic rings. The quantitative estimate of drug-likeness (QED) is 0.293. The van der Waals surface area contributed by atoms with Gasteiger partial charge in [0.2, 0.25) is 0 Å². The van der Waals surface area contributed by atoms with Gasteiger partial charge < -0.3 is 29.5 Å². The Kier molecular flexibility index (Phi) is 8.11. The number of fused-ring (bicyclic) bond motifs is 6. The first kappa shape index (κ1) is 28.4. The number of hydrogen-bond donors (Lipinski definition) is 2. The van der Waals surface area contributed by atoms with E-state index >= 15 is 0 Å². The van der Waals surface area contributed by atoms with Gasteiger partial charge >= 0.3 is 0 Å². The van der Waals surface area contributed by atoms with Gasteiger partial charge in [0, 0.05) is 19.3 Å². The monoisotopic (exact) mass is 597 g/mol. The largest absolute Gasteiger partial charge is 0.507 e. The second-order valence-corrected chi connectivity index (χ2v) is 11.0. The minimum atomic E-state index is -0.403. The first-order valence-electron chi connectivity index (χ1n) is 14.0. The normalized spacial score (nSPS) is 16.3. The third kappa shape index (κ3) is 5.70. The van der Waals surface area contributed by atoms with Gasteiger partial charge in [0.1, 0.15) is 22.3 Å². The number of methoxy groups -OCH3 is 1. The second-order valence-electron chi connectivity index (χ2n) is 10.2. The molecule has 0 fully saturated rings. The SMILES string of the molecule is COc1ccc2cc1OCCCNC(=O)c1cc(ccc1O)Oc1ccc3c(c1)CCN(C(=O)c1cccnc1SC)C23. The van der Waals surface area contributed by atoms with Crippen molar-refractivity contribution in [2.45, 2.75) is 23.9 Å². The summed E-state index contributed by atoms with van der Waals surface area (Å²) in [6.07, 6.45) is 4.75. The molecule has 220 valence electrons. The summed E-state index contributed by atoms with van der Waals surface area (Å²) in [5, 5.41) is 13.8. The van der Waals surface area contributed by atoms with Crippen molar-refractivity contribution in [3.05, 3.63) is 101 Å². The highest BCUT2D eigenvalue weighted by Gasteiger charge is 2.34. The summed E-state index contributed by atoms with van der Waals surface area (Å²) in [7, 11) is 1.58. The Morgan fingerprint density at radius 2 is 1.95 bits per heavy atom. The van der Waals surface area contributed by atoms with Crippen LogP contribution in [0.25, 0.3) is 0 Å². The fourth-order valence-corrected chi connectivity index (χ4v) is 6.08. The number of amides is 2. The molecule has 10 heteroatoms. The van der Waals surface area contributed by atoms with Crippen LogP contribution in [0.15, 0.2) is 78.0 Å². The van der Waals surface area contributed by atoms with Crippen LogP contribution in [-0.2, 0) is 6.42 Å². The minimum absolute atomic E-state index is 0.0961. The van der Waals surface area contributed by atoms with Crippen LogP contribution in [-0.4, -0.2) is 59.9 Å². The van der Waals surface area contributed by atoms with Gasteiger partial charge in [-0.2, -0.15) is 0 Å². The zero-order chi connectivity index (χ0) is 29.9. The van der Waals surface area contributed by atoms with E-state index in [1.165, 1.54) is 23.9 Å². The van der Waals surface area contributed by atoms with E-state index in [2.05, 4.69) is 10.3 Å². The van der Waals surface area contributed by atoms with Crippen LogP contribution in [0, 0.1) is 0 Å². The molecule has 43 heavy (non-hydrogen) atoms. The lowest BCUT2D eigenvalue weighted by Crippen LogP contribution is -2.41. The molecule has 3 aromatic carbocycles. The first-order chi connectivity index (χ1) is 21.0. The van der Waals surface area contributed by atoms with Crippen LogP contribution in [0.3, 0.4) is 0 Å². The molecule has 7 rings (SSSR count). The number of carbonyl (C=O) groups excluding carboxylic acids is 2. The lowest BCUT2D eigenvalue weighted by molar-refractivity contribution is 0.0689. The number of pyridine rings is 1. The number of aromatic hydroxyl groups is 1.